The maximum atomic E-state index is 12.9. The highest BCUT2D eigenvalue weighted by Crippen LogP contribution is 2.27. The van der Waals surface area contributed by atoms with Crippen LogP contribution in [0.25, 0.3) is 0 Å². The smallest absolute Gasteiger partial charge is 0.221 e. The van der Waals surface area contributed by atoms with Crippen molar-refractivity contribution in [3.8, 4) is 0 Å². The summed E-state index contributed by atoms with van der Waals surface area (Å²) in [7, 11) is 0. The lowest BCUT2D eigenvalue weighted by Gasteiger charge is -2.32. The maximum Gasteiger partial charge on any atom is 0.221 e. The van der Waals surface area contributed by atoms with Crippen LogP contribution in [0.4, 0.5) is 0 Å². The summed E-state index contributed by atoms with van der Waals surface area (Å²) in [5.41, 5.74) is 3.45. The van der Waals surface area contributed by atoms with Crippen molar-refractivity contribution in [2.75, 3.05) is 26.2 Å². The largest absolute Gasteiger partial charge is 0.355 e. The van der Waals surface area contributed by atoms with Crippen LogP contribution in [0.1, 0.15) is 35.7 Å². The van der Waals surface area contributed by atoms with Gasteiger partial charge in [0.25, 0.3) is 0 Å². The first-order chi connectivity index (χ1) is 15.8. The van der Waals surface area contributed by atoms with Crippen LogP contribution < -0.4 is 5.32 Å². The summed E-state index contributed by atoms with van der Waals surface area (Å²) in [5, 5.41) is 3.14. The average molecular weight is 430 g/mol. The molecule has 166 valence electrons. The second-order valence-corrected chi connectivity index (χ2v) is 8.26. The normalized spacial score (nSPS) is 19.1. The third kappa shape index (κ3) is 6.45. The standard InChI is InChI=1S/C26H31N5O/c32-26-19-25(23-7-2-1-3-8-23)31(20-22-10-13-27-14-11-22)17-6-16-30(18-15-29-26)21-24-9-4-5-12-28-24/h1-5,7-14,25H,6,15-21H2,(H,29,32). The Bertz CT molecular complexity index is 952. The minimum absolute atomic E-state index is 0.0340. The lowest BCUT2D eigenvalue weighted by Crippen LogP contribution is -2.35. The van der Waals surface area contributed by atoms with Gasteiger partial charge >= 0.3 is 0 Å². The van der Waals surface area contributed by atoms with Gasteiger partial charge in [-0.05, 0) is 48.4 Å². The molecule has 6 heteroatoms. The van der Waals surface area contributed by atoms with Crippen LogP contribution in [0, 0.1) is 0 Å². The molecule has 1 amide bonds. The minimum atomic E-state index is 0.0340. The fraction of sp³-hybridized carbons (Fsp3) is 0.346. The van der Waals surface area contributed by atoms with Gasteiger partial charge in [-0.25, -0.2) is 0 Å². The Morgan fingerprint density at radius 2 is 1.69 bits per heavy atom. The van der Waals surface area contributed by atoms with Gasteiger partial charge in [0.05, 0.1) is 5.69 Å². The van der Waals surface area contributed by atoms with Crippen molar-refractivity contribution >= 4 is 5.91 Å². The molecule has 1 saturated heterocycles. The molecule has 1 aromatic carbocycles. The lowest BCUT2D eigenvalue weighted by atomic mass is 10.00. The number of aromatic nitrogens is 2. The summed E-state index contributed by atoms with van der Waals surface area (Å²) in [5.74, 6) is 0.0956. The third-order valence-electron chi connectivity index (χ3n) is 5.92. The Balaban J connectivity index is 1.54. The minimum Gasteiger partial charge on any atom is -0.355 e. The van der Waals surface area contributed by atoms with Gasteiger partial charge in [-0.1, -0.05) is 36.4 Å². The molecule has 1 aliphatic rings. The quantitative estimate of drug-likeness (QED) is 0.673. The molecule has 4 rings (SSSR count). The van der Waals surface area contributed by atoms with E-state index in [-0.39, 0.29) is 11.9 Å². The summed E-state index contributed by atoms with van der Waals surface area (Å²) < 4.78 is 0. The SMILES string of the molecule is O=C1CC(c2ccccc2)N(Cc2ccncc2)CCCN(Cc2ccccn2)CCN1. The average Bonchev–Trinajstić information content (AvgIpc) is 2.86. The molecule has 6 nitrogen and oxygen atoms in total. The van der Waals surface area contributed by atoms with E-state index in [9.17, 15) is 4.79 Å². The van der Waals surface area contributed by atoms with Gasteiger partial charge in [0.15, 0.2) is 0 Å². The predicted octanol–water partition coefficient (Wildman–Crippen LogP) is 3.43. The zero-order chi connectivity index (χ0) is 22.0. The van der Waals surface area contributed by atoms with E-state index < -0.39 is 0 Å². The molecule has 0 radical (unpaired) electrons. The molecule has 1 fully saturated rings. The van der Waals surface area contributed by atoms with Gasteiger partial charge < -0.3 is 5.32 Å². The fourth-order valence-electron chi connectivity index (χ4n) is 4.29. The summed E-state index contributed by atoms with van der Waals surface area (Å²) in [6.07, 6.45) is 6.98. The van der Waals surface area contributed by atoms with Crippen LogP contribution in [0.5, 0.6) is 0 Å². The van der Waals surface area contributed by atoms with Crippen molar-refractivity contribution < 1.29 is 4.79 Å². The molecule has 3 heterocycles. The van der Waals surface area contributed by atoms with Gasteiger partial charge in [-0.15, -0.1) is 0 Å². The zero-order valence-electron chi connectivity index (χ0n) is 18.4. The Kier molecular flexibility index (Phi) is 7.95. The van der Waals surface area contributed by atoms with Crippen molar-refractivity contribution in [1.29, 1.82) is 0 Å². The summed E-state index contributed by atoms with van der Waals surface area (Å²) in [6, 6.07) is 20.6. The van der Waals surface area contributed by atoms with Crippen molar-refractivity contribution in [2.24, 2.45) is 0 Å². The molecular weight excluding hydrogens is 398 g/mol. The van der Waals surface area contributed by atoms with E-state index in [1.165, 1.54) is 11.1 Å². The van der Waals surface area contributed by atoms with Crippen LogP contribution in [0.3, 0.4) is 0 Å². The second-order valence-electron chi connectivity index (χ2n) is 8.26. The molecular formula is C26H31N5O. The van der Waals surface area contributed by atoms with E-state index in [1.54, 1.807) is 0 Å². The van der Waals surface area contributed by atoms with E-state index in [1.807, 2.05) is 36.8 Å². The van der Waals surface area contributed by atoms with Crippen LogP contribution in [-0.4, -0.2) is 51.9 Å². The molecule has 1 aliphatic heterocycles. The Labute approximate surface area is 190 Å². The van der Waals surface area contributed by atoms with Crippen LogP contribution in [-0.2, 0) is 17.9 Å². The molecule has 0 bridgehead atoms. The van der Waals surface area contributed by atoms with E-state index in [4.69, 9.17) is 0 Å². The third-order valence-corrected chi connectivity index (χ3v) is 5.92. The number of hydrogen-bond donors (Lipinski definition) is 1. The van der Waals surface area contributed by atoms with Gasteiger partial charge in [-0.2, -0.15) is 0 Å². The van der Waals surface area contributed by atoms with Gasteiger partial charge in [-0.3, -0.25) is 24.6 Å². The maximum absolute atomic E-state index is 12.9. The highest BCUT2D eigenvalue weighted by Gasteiger charge is 2.24. The first kappa shape index (κ1) is 22.1. The second kappa shape index (κ2) is 11.5. The number of carbonyl (C=O) groups is 1. The predicted molar refractivity (Wildman–Crippen MR) is 126 cm³/mol. The number of rotatable bonds is 5. The number of nitrogens with one attached hydrogen (secondary N) is 1. The number of benzene rings is 1. The van der Waals surface area contributed by atoms with Gasteiger partial charge in [0.2, 0.25) is 5.91 Å². The van der Waals surface area contributed by atoms with Crippen molar-refractivity contribution in [2.45, 2.75) is 32.0 Å². The first-order valence-electron chi connectivity index (χ1n) is 11.3. The molecule has 0 aliphatic carbocycles. The summed E-state index contributed by atoms with van der Waals surface area (Å²) >= 11 is 0. The first-order valence-corrected chi connectivity index (χ1v) is 11.3. The van der Waals surface area contributed by atoms with Crippen molar-refractivity contribution in [1.82, 2.24) is 25.1 Å². The molecule has 1 N–H and O–H groups in total. The highest BCUT2D eigenvalue weighted by molar-refractivity contribution is 5.76. The lowest BCUT2D eigenvalue weighted by molar-refractivity contribution is -0.122. The zero-order valence-corrected chi connectivity index (χ0v) is 18.4. The number of amides is 1. The van der Waals surface area contributed by atoms with Crippen LogP contribution in [0.15, 0.2) is 79.3 Å². The topological polar surface area (TPSA) is 61.4 Å². The monoisotopic (exact) mass is 429 g/mol. The molecule has 1 unspecified atom stereocenters. The van der Waals surface area contributed by atoms with E-state index in [0.29, 0.717) is 13.0 Å². The molecule has 2 aromatic heterocycles. The Morgan fingerprint density at radius 1 is 0.875 bits per heavy atom. The molecule has 3 aromatic rings. The molecule has 1 atom stereocenters. The number of pyridine rings is 2. The van der Waals surface area contributed by atoms with Crippen LogP contribution >= 0.6 is 0 Å². The van der Waals surface area contributed by atoms with E-state index >= 15 is 0 Å². The van der Waals surface area contributed by atoms with Gasteiger partial charge in [0, 0.05) is 63.8 Å². The van der Waals surface area contributed by atoms with Crippen molar-refractivity contribution in [3.63, 3.8) is 0 Å². The Morgan fingerprint density at radius 3 is 2.47 bits per heavy atom. The molecule has 32 heavy (non-hydrogen) atoms. The number of carbonyl (C=O) groups excluding carboxylic acids is 1. The molecule has 0 spiro atoms. The number of hydrogen-bond acceptors (Lipinski definition) is 5. The number of nitrogens with zero attached hydrogens (tertiary/aromatic N) is 4. The summed E-state index contributed by atoms with van der Waals surface area (Å²) in [6.45, 7) is 4.92. The van der Waals surface area contributed by atoms with E-state index in [2.05, 4.69) is 67.5 Å². The highest BCUT2D eigenvalue weighted by atomic mass is 16.1. The summed E-state index contributed by atoms with van der Waals surface area (Å²) in [4.78, 5) is 26.3. The van der Waals surface area contributed by atoms with Gasteiger partial charge in [0.1, 0.15) is 0 Å². The van der Waals surface area contributed by atoms with Crippen LogP contribution in [0.2, 0.25) is 0 Å². The molecule has 0 saturated carbocycles. The fourth-order valence-corrected chi connectivity index (χ4v) is 4.29. The Hall–Kier alpha value is -3.09. The van der Waals surface area contributed by atoms with Crippen molar-refractivity contribution in [3.05, 3.63) is 96.1 Å². The van der Waals surface area contributed by atoms with E-state index in [0.717, 1.165) is 44.8 Å².